The molecule has 0 saturated carbocycles. The molecule has 1 N–H and O–H groups in total. The number of nitro benzene ring substituents is 1. The topological polar surface area (TPSA) is 140 Å². The third-order valence-corrected chi connectivity index (χ3v) is 5.87. The number of carbonyl (C=O) groups excluding carboxylic acids is 1. The number of nitrogens with one attached hydrogen (secondary N) is 1. The van der Waals surface area contributed by atoms with Crippen LogP contribution in [0, 0.1) is 21.4 Å². The van der Waals surface area contributed by atoms with E-state index in [0.717, 1.165) is 5.56 Å². The van der Waals surface area contributed by atoms with Crippen LogP contribution in [0.15, 0.2) is 74.7 Å². The molecule has 10 nitrogen and oxygen atoms in total. The number of nitriles is 1. The van der Waals surface area contributed by atoms with Crippen molar-refractivity contribution in [3.63, 3.8) is 0 Å². The Balaban J connectivity index is 1.48. The molecule has 186 valence electrons. The third-order valence-electron chi connectivity index (χ3n) is 5.19. The fraction of sp³-hybridized carbons (Fsp3) is 0.115. The Kier molecular flexibility index (Phi) is 7.80. The predicted molar refractivity (Wildman–Crippen MR) is 139 cm³/mol. The lowest BCUT2D eigenvalue weighted by atomic mass is 10.1. The lowest BCUT2D eigenvalue weighted by molar-refractivity contribution is -0.384. The van der Waals surface area contributed by atoms with Gasteiger partial charge in [-0.3, -0.25) is 14.9 Å². The molecule has 0 aliphatic heterocycles. The third kappa shape index (κ3) is 5.94. The number of hydrazone groups is 1. The number of benzene rings is 3. The number of halogens is 1. The number of furan rings is 1. The molecule has 3 aromatic carbocycles. The summed E-state index contributed by atoms with van der Waals surface area (Å²) in [5.41, 5.74) is 4.50. The van der Waals surface area contributed by atoms with Crippen LogP contribution in [0.2, 0.25) is 0 Å². The first-order valence-electron chi connectivity index (χ1n) is 11.0. The zero-order valence-electron chi connectivity index (χ0n) is 19.4. The molecule has 0 fully saturated rings. The summed E-state index contributed by atoms with van der Waals surface area (Å²) in [4.78, 5) is 22.9. The van der Waals surface area contributed by atoms with E-state index in [1.807, 2.05) is 19.1 Å². The lowest BCUT2D eigenvalue weighted by Crippen LogP contribution is -2.16. The van der Waals surface area contributed by atoms with Crippen LogP contribution in [0.3, 0.4) is 0 Å². The van der Waals surface area contributed by atoms with Gasteiger partial charge in [0.15, 0.2) is 17.3 Å². The minimum Gasteiger partial charge on any atom is -0.490 e. The molecule has 0 saturated heterocycles. The Morgan fingerprint density at radius 3 is 2.73 bits per heavy atom. The number of non-ortho nitro benzene ring substituents is 1. The quantitative estimate of drug-likeness (QED) is 0.156. The molecule has 0 aliphatic rings. The van der Waals surface area contributed by atoms with E-state index in [4.69, 9.17) is 13.9 Å². The van der Waals surface area contributed by atoms with Gasteiger partial charge in [0.1, 0.15) is 12.2 Å². The minimum atomic E-state index is -0.618. The summed E-state index contributed by atoms with van der Waals surface area (Å²) >= 11 is 3.48. The van der Waals surface area contributed by atoms with Crippen LogP contribution in [0.25, 0.3) is 11.0 Å². The second kappa shape index (κ2) is 11.4. The van der Waals surface area contributed by atoms with Gasteiger partial charge in [0.2, 0.25) is 0 Å². The molecular weight excluding hydrogens is 544 g/mol. The SMILES string of the molecule is CCOc1cc(C=NNC(=O)c2cc3cc([N+](=O)[O-])ccc3o2)c(Br)cc1OCc1ccccc1C#N. The predicted octanol–water partition coefficient (Wildman–Crippen LogP) is 5.72. The second-order valence-corrected chi connectivity index (χ2v) is 8.45. The second-order valence-electron chi connectivity index (χ2n) is 7.60. The maximum absolute atomic E-state index is 12.5. The smallest absolute Gasteiger partial charge is 0.307 e. The number of rotatable bonds is 9. The number of amides is 1. The van der Waals surface area contributed by atoms with Crippen molar-refractivity contribution in [1.82, 2.24) is 5.43 Å². The first-order chi connectivity index (χ1) is 17.9. The van der Waals surface area contributed by atoms with Gasteiger partial charge in [-0.25, -0.2) is 5.43 Å². The molecule has 4 aromatic rings. The maximum Gasteiger partial charge on any atom is 0.307 e. The molecule has 1 aromatic heterocycles. The fourth-order valence-electron chi connectivity index (χ4n) is 3.41. The monoisotopic (exact) mass is 562 g/mol. The van der Waals surface area contributed by atoms with Gasteiger partial charge >= 0.3 is 5.91 Å². The number of carbonyl (C=O) groups is 1. The Morgan fingerprint density at radius 1 is 1.19 bits per heavy atom. The molecule has 0 unspecified atom stereocenters. The van der Waals surface area contributed by atoms with Crippen molar-refractivity contribution in [2.75, 3.05) is 6.61 Å². The molecule has 0 atom stereocenters. The van der Waals surface area contributed by atoms with Crippen molar-refractivity contribution in [1.29, 1.82) is 5.26 Å². The van der Waals surface area contributed by atoms with E-state index in [-0.39, 0.29) is 18.1 Å². The van der Waals surface area contributed by atoms with Crippen LogP contribution in [0.4, 0.5) is 5.69 Å². The summed E-state index contributed by atoms with van der Waals surface area (Å²) in [6, 6.07) is 18.2. The highest BCUT2D eigenvalue weighted by atomic mass is 79.9. The molecule has 1 heterocycles. The zero-order valence-corrected chi connectivity index (χ0v) is 21.0. The Bertz CT molecular complexity index is 1560. The number of fused-ring (bicyclic) bond motifs is 1. The molecule has 1 amide bonds. The van der Waals surface area contributed by atoms with E-state index in [0.29, 0.717) is 44.7 Å². The maximum atomic E-state index is 12.5. The molecular formula is C26H19BrN4O6. The summed E-state index contributed by atoms with van der Waals surface area (Å²) in [6.45, 7) is 2.41. The average molecular weight is 563 g/mol. The highest BCUT2D eigenvalue weighted by molar-refractivity contribution is 9.10. The molecule has 0 aliphatic carbocycles. The lowest BCUT2D eigenvalue weighted by Gasteiger charge is -2.14. The van der Waals surface area contributed by atoms with Crippen LogP contribution in [-0.2, 0) is 6.61 Å². The number of hydrogen-bond donors (Lipinski definition) is 1. The highest BCUT2D eigenvalue weighted by Crippen LogP contribution is 2.34. The minimum absolute atomic E-state index is 0.0388. The summed E-state index contributed by atoms with van der Waals surface area (Å²) in [5.74, 6) is 0.279. The highest BCUT2D eigenvalue weighted by Gasteiger charge is 2.15. The van der Waals surface area contributed by atoms with Crippen LogP contribution in [-0.4, -0.2) is 23.7 Å². The Hall–Kier alpha value is -4.69. The van der Waals surface area contributed by atoms with Crippen LogP contribution < -0.4 is 14.9 Å². The van der Waals surface area contributed by atoms with Crippen molar-refractivity contribution < 1.29 is 23.6 Å². The Labute approximate surface area is 219 Å². The first-order valence-corrected chi connectivity index (χ1v) is 11.8. The number of nitro groups is 1. The summed E-state index contributed by atoms with van der Waals surface area (Å²) in [7, 11) is 0. The van der Waals surface area contributed by atoms with Gasteiger partial charge < -0.3 is 13.9 Å². The number of hydrogen-bond acceptors (Lipinski definition) is 8. The van der Waals surface area contributed by atoms with E-state index in [2.05, 4.69) is 32.5 Å². The van der Waals surface area contributed by atoms with Gasteiger partial charge in [0.05, 0.1) is 29.4 Å². The van der Waals surface area contributed by atoms with Crippen LogP contribution in [0.1, 0.15) is 34.2 Å². The van der Waals surface area contributed by atoms with E-state index in [1.165, 1.54) is 30.5 Å². The summed E-state index contributed by atoms with van der Waals surface area (Å²) in [6.07, 6.45) is 1.42. The summed E-state index contributed by atoms with van der Waals surface area (Å²) in [5, 5.41) is 24.6. The Morgan fingerprint density at radius 2 is 1.97 bits per heavy atom. The van der Waals surface area contributed by atoms with Crippen molar-refractivity contribution in [3.8, 4) is 17.6 Å². The first kappa shape index (κ1) is 25.4. The summed E-state index contributed by atoms with van der Waals surface area (Å²) < 4.78 is 17.7. The van der Waals surface area contributed by atoms with Crippen LogP contribution >= 0.6 is 15.9 Å². The molecule has 0 bridgehead atoms. The van der Waals surface area contributed by atoms with Crippen molar-refractivity contribution in [3.05, 3.63) is 97.7 Å². The van der Waals surface area contributed by atoms with E-state index in [9.17, 15) is 20.2 Å². The van der Waals surface area contributed by atoms with Gasteiger partial charge in [-0.1, -0.05) is 18.2 Å². The molecule has 0 spiro atoms. The normalized spacial score (nSPS) is 10.8. The molecule has 37 heavy (non-hydrogen) atoms. The molecule has 11 heteroatoms. The standard InChI is InChI=1S/C26H19BrN4O6/c1-2-35-23-11-19(21(27)12-24(23)36-15-17-6-4-3-5-16(17)13-28)14-29-30-26(32)25-10-18-9-20(31(33)34)7-8-22(18)37-25/h3-12,14H,2,15H2,1H3,(H,30,32). The van der Waals surface area contributed by atoms with Gasteiger partial charge in [-0.2, -0.15) is 10.4 Å². The van der Waals surface area contributed by atoms with Gasteiger partial charge in [-0.05, 0) is 53.2 Å². The largest absolute Gasteiger partial charge is 0.490 e. The zero-order chi connectivity index (χ0) is 26.4. The number of ether oxygens (including phenoxy) is 2. The van der Waals surface area contributed by atoms with Gasteiger partial charge in [0, 0.05) is 33.1 Å². The average Bonchev–Trinajstić information content (AvgIpc) is 3.33. The van der Waals surface area contributed by atoms with Crippen molar-refractivity contribution in [2.24, 2.45) is 5.10 Å². The van der Waals surface area contributed by atoms with Crippen molar-refractivity contribution in [2.45, 2.75) is 13.5 Å². The van der Waals surface area contributed by atoms with Crippen LogP contribution in [0.5, 0.6) is 11.5 Å². The van der Waals surface area contributed by atoms with E-state index < -0.39 is 10.8 Å². The van der Waals surface area contributed by atoms with E-state index >= 15 is 0 Å². The fourth-order valence-corrected chi connectivity index (χ4v) is 3.84. The van der Waals surface area contributed by atoms with Gasteiger partial charge in [0.25, 0.3) is 5.69 Å². The number of nitrogens with zero attached hydrogens (tertiary/aromatic N) is 3. The molecule has 0 radical (unpaired) electrons. The van der Waals surface area contributed by atoms with Gasteiger partial charge in [-0.15, -0.1) is 0 Å². The molecule has 4 rings (SSSR count). The van der Waals surface area contributed by atoms with E-state index in [1.54, 1.807) is 24.3 Å². The van der Waals surface area contributed by atoms with Crippen molar-refractivity contribution >= 4 is 44.7 Å².